The molecular weight excluding hydrogens is 413 g/mol. The molecule has 1 N–H and O–H groups in total. The van der Waals surface area contributed by atoms with Crippen molar-refractivity contribution in [2.45, 2.75) is 52.4 Å². The number of nitrogens with one attached hydrogen (secondary N) is 1. The first kappa shape index (κ1) is 24.0. The van der Waals surface area contributed by atoms with E-state index in [1.807, 2.05) is 65.0 Å². The summed E-state index contributed by atoms with van der Waals surface area (Å²) in [6.45, 7) is 15.5. The highest BCUT2D eigenvalue weighted by Gasteiger charge is 2.52. The number of likely N-dealkylation sites (N-methyl/N-ethyl adjacent to an activating group) is 1. The number of nitrogens with zero attached hydrogens (tertiary/aromatic N) is 2. The Labute approximate surface area is 198 Å². The molecule has 2 aromatic rings. The molecule has 2 aliphatic heterocycles. The van der Waals surface area contributed by atoms with Crippen LogP contribution in [0.5, 0.6) is 0 Å². The molecule has 0 spiro atoms. The van der Waals surface area contributed by atoms with Crippen molar-refractivity contribution in [3.63, 3.8) is 0 Å². The lowest BCUT2D eigenvalue weighted by Gasteiger charge is -2.32. The van der Waals surface area contributed by atoms with Crippen LogP contribution in [-0.2, 0) is 15.9 Å². The van der Waals surface area contributed by atoms with Crippen LogP contribution in [0.25, 0.3) is 0 Å². The van der Waals surface area contributed by atoms with Crippen LogP contribution >= 0.6 is 0 Å². The maximum atomic E-state index is 12.9. The third-order valence-electron chi connectivity index (χ3n) is 7.26. The Balaban J connectivity index is 1.41. The van der Waals surface area contributed by atoms with Gasteiger partial charge < -0.3 is 19.5 Å². The van der Waals surface area contributed by atoms with Crippen molar-refractivity contribution in [1.82, 2.24) is 9.80 Å². The summed E-state index contributed by atoms with van der Waals surface area (Å²) in [6, 6.07) is 13.8. The highest BCUT2D eigenvalue weighted by molar-refractivity contribution is 6.62. The van der Waals surface area contributed by atoms with Gasteiger partial charge in [0.2, 0.25) is 0 Å². The van der Waals surface area contributed by atoms with Crippen LogP contribution in [0.1, 0.15) is 49.2 Å². The van der Waals surface area contributed by atoms with Gasteiger partial charge in [-0.15, -0.1) is 0 Å². The lowest BCUT2D eigenvalue weighted by atomic mass is 9.76. The third-order valence-corrected chi connectivity index (χ3v) is 7.26. The fourth-order valence-corrected chi connectivity index (χ4v) is 4.17. The van der Waals surface area contributed by atoms with Crippen LogP contribution in [0.3, 0.4) is 0 Å². The largest absolute Gasteiger partial charge is 0.495 e. The van der Waals surface area contributed by atoms with Gasteiger partial charge in [0.25, 0.3) is 5.91 Å². The molecule has 0 bridgehead atoms. The predicted molar refractivity (Wildman–Crippen MR) is 134 cm³/mol. The molecule has 2 aromatic carbocycles. The molecule has 33 heavy (non-hydrogen) atoms. The number of hydrogen-bond donors (Lipinski definition) is 1. The van der Waals surface area contributed by atoms with Crippen LogP contribution in [-0.4, -0.2) is 67.3 Å². The van der Waals surface area contributed by atoms with Crippen LogP contribution in [0.2, 0.25) is 0 Å². The van der Waals surface area contributed by atoms with E-state index in [0.29, 0.717) is 5.56 Å². The highest BCUT2D eigenvalue weighted by Crippen LogP contribution is 2.36. The Morgan fingerprint density at radius 3 is 2.18 bits per heavy atom. The highest BCUT2D eigenvalue weighted by atomic mass is 16.7. The maximum absolute atomic E-state index is 12.9. The summed E-state index contributed by atoms with van der Waals surface area (Å²) in [5, 5.41) is 3.03. The zero-order valence-corrected chi connectivity index (χ0v) is 20.8. The van der Waals surface area contributed by atoms with E-state index in [0.717, 1.165) is 49.4 Å². The summed E-state index contributed by atoms with van der Waals surface area (Å²) < 4.78 is 12.4. The van der Waals surface area contributed by atoms with Crippen molar-refractivity contribution in [3.05, 3.63) is 59.2 Å². The molecule has 0 saturated carbocycles. The molecule has 176 valence electrons. The van der Waals surface area contributed by atoms with E-state index in [4.69, 9.17) is 9.31 Å². The second-order valence-corrected chi connectivity index (χ2v) is 10.4. The number of amides is 1. The standard InChI is InChI=1S/C26H36BN3O3/c1-19-7-12-22(17-23(19)27-32-25(2,3)26(4,5)33-27)28-24(31)21-10-8-20(9-11-21)18-30-15-13-29(6)14-16-30/h7-12,17H,13-16,18H2,1-6H3,(H,28,31). The number of rotatable bonds is 5. The number of piperazine rings is 1. The van der Waals surface area contributed by atoms with E-state index in [-0.39, 0.29) is 5.91 Å². The minimum atomic E-state index is -0.458. The van der Waals surface area contributed by atoms with E-state index >= 15 is 0 Å². The Morgan fingerprint density at radius 1 is 0.970 bits per heavy atom. The summed E-state index contributed by atoms with van der Waals surface area (Å²) >= 11 is 0. The van der Waals surface area contributed by atoms with Gasteiger partial charge in [-0.2, -0.15) is 0 Å². The van der Waals surface area contributed by atoms with E-state index in [1.54, 1.807) is 0 Å². The second-order valence-electron chi connectivity index (χ2n) is 10.4. The fourth-order valence-electron chi connectivity index (χ4n) is 4.17. The Morgan fingerprint density at radius 2 is 1.58 bits per heavy atom. The molecule has 0 radical (unpaired) electrons. The fraction of sp³-hybridized carbons (Fsp3) is 0.500. The summed E-state index contributed by atoms with van der Waals surface area (Å²) in [5.41, 5.74) is 3.81. The molecule has 7 heteroatoms. The number of aryl methyl sites for hydroxylation is 1. The van der Waals surface area contributed by atoms with Gasteiger partial charge in [0.05, 0.1) is 11.2 Å². The first-order chi connectivity index (χ1) is 15.5. The average molecular weight is 449 g/mol. The quantitative estimate of drug-likeness (QED) is 0.711. The van der Waals surface area contributed by atoms with E-state index in [2.05, 4.69) is 34.3 Å². The summed E-state index contributed by atoms with van der Waals surface area (Å²) in [7, 11) is 1.71. The van der Waals surface area contributed by atoms with Gasteiger partial charge in [-0.1, -0.05) is 23.8 Å². The zero-order valence-electron chi connectivity index (χ0n) is 20.8. The van der Waals surface area contributed by atoms with Crippen LogP contribution in [0, 0.1) is 6.92 Å². The molecule has 2 heterocycles. The molecule has 0 atom stereocenters. The molecule has 0 unspecified atom stereocenters. The van der Waals surface area contributed by atoms with Crippen LogP contribution < -0.4 is 10.8 Å². The van der Waals surface area contributed by atoms with Gasteiger partial charge >= 0.3 is 7.12 Å². The van der Waals surface area contributed by atoms with Crippen molar-refractivity contribution in [2.24, 2.45) is 0 Å². The number of carbonyl (C=O) groups is 1. The van der Waals surface area contributed by atoms with Crippen molar-refractivity contribution in [2.75, 3.05) is 38.5 Å². The molecule has 6 nitrogen and oxygen atoms in total. The van der Waals surface area contributed by atoms with Crippen molar-refractivity contribution >= 4 is 24.2 Å². The number of hydrogen-bond acceptors (Lipinski definition) is 5. The van der Waals surface area contributed by atoms with E-state index in [9.17, 15) is 4.79 Å². The zero-order chi connectivity index (χ0) is 23.8. The number of carbonyl (C=O) groups excluding carboxylic acids is 1. The number of benzene rings is 2. The summed E-state index contributed by atoms with van der Waals surface area (Å²) in [5.74, 6) is -0.120. The van der Waals surface area contributed by atoms with Gasteiger partial charge in [-0.05, 0) is 77.0 Å². The Bertz CT molecular complexity index is 982. The summed E-state index contributed by atoms with van der Waals surface area (Å²) in [4.78, 5) is 17.7. The van der Waals surface area contributed by atoms with Crippen molar-refractivity contribution in [1.29, 1.82) is 0 Å². The molecule has 2 fully saturated rings. The molecule has 0 aromatic heterocycles. The minimum Gasteiger partial charge on any atom is -0.399 e. The van der Waals surface area contributed by atoms with Crippen molar-refractivity contribution in [3.8, 4) is 0 Å². The topological polar surface area (TPSA) is 54.0 Å². The molecule has 0 aliphatic carbocycles. The van der Waals surface area contributed by atoms with Gasteiger partial charge in [-0.25, -0.2) is 0 Å². The predicted octanol–water partition coefficient (Wildman–Crippen LogP) is 3.29. The van der Waals surface area contributed by atoms with Crippen LogP contribution in [0.15, 0.2) is 42.5 Å². The average Bonchev–Trinajstić information content (AvgIpc) is 2.98. The van der Waals surface area contributed by atoms with Gasteiger partial charge in [0, 0.05) is 44.0 Å². The lowest BCUT2D eigenvalue weighted by molar-refractivity contribution is 0.00578. The lowest BCUT2D eigenvalue weighted by Crippen LogP contribution is -2.43. The number of anilines is 1. The SMILES string of the molecule is Cc1ccc(NC(=O)c2ccc(CN3CCN(C)CC3)cc2)cc1B1OC(C)(C)C(C)(C)O1. The minimum absolute atomic E-state index is 0.120. The first-order valence-corrected chi connectivity index (χ1v) is 11.8. The second kappa shape index (κ2) is 9.22. The Kier molecular flexibility index (Phi) is 6.69. The maximum Gasteiger partial charge on any atom is 0.495 e. The van der Waals surface area contributed by atoms with Crippen molar-refractivity contribution < 1.29 is 14.1 Å². The van der Waals surface area contributed by atoms with Crippen LogP contribution in [0.4, 0.5) is 5.69 Å². The molecule has 2 aliphatic rings. The smallest absolute Gasteiger partial charge is 0.399 e. The third kappa shape index (κ3) is 5.33. The van der Waals surface area contributed by atoms with E-state index in [1.165, 1.54) is 5.56 Å². The monoisotopic (exact) mass is 449 g/mol. The van der Waals surface area contributed by atoms with Gasteiger partial charge in [-0.3, -0.25) is 9.69 Å². The molecule has 4 rings (SSSR count). The normalized spacial score (nSPS) is 20.7. The first-order valence-electron chi connectivity index (χ1n) is 11.8. The molecular formula is C26H36BN3O3. The van der Waals surface area contributed by atoms with Gasteiger partial charge in [0.1, 0.15) is 0 Å². The summed E-state index contributed by atoms with van der Waals surface area (Å²) in [6.07, 6.45) is 0. The van der Waals surface area contributed by atoms with Gasteiger partial charge in [0.15, 0.2) is 0 Å². The van der Waals surface area contributed by atoms with E-state index < -0.39 is 18.3 Å². The Hall–Kier alpha value is -2.19. The molecule has 2 saturated heterocycles. The molecule has 1 amide bonds.